The third-order valence-electron chi connectivity index (χ3n) is 3.88. The molecule has 140 valence electrons. The summed E-state index contributed by atoms with van der Waals surface area (Å²) in [5.41, 5.74) is 3.86. The Labute approximate surface area is 165 Å². The highest BCUT2D eigenvalue weighted by Gasteiger charge is 2.08. The van der Waals surface area contributed by atoms with Crippen molar-refractivity contribution in [2.75, 3.05) is 18.3 Å². The number of benzene rings is 2. The van der Waals surface area contributed by atoms with E-state index in [4.69, 9.17) is 9.47 Å². The monoisotopic (exact) mass is 400 g/mol. The van der Waals surface area contributed by atoms with Crippen LogP contribution in [0.1, 0.15) is 13.8 Å². The van der Waals surface area contributed by atoms with E-state index in [9.17, 15) is 0 Å². The van der Waals surface area contributed by atoms with Crippen molar-refractivity contribution in [3.63, 3.8) is 0 Å². The van der Waals surface area contributed by atoms with E-state index in [2.05, 4.69) is 19.9 Å². The van der Waals surface area contributed by atoms with Gasteiger partial charge < -0.3 is 19.4 Å². The van der Waals surface area contributed by atoms with Crippen LogP contribution in [0.25, 0.3) is 22.1 Å². The van der Waals surface area contributed by atoms with Crippen LogP contribution < -0.4 is 9.47 Å². The lowest BCUT2D eigenvalue weighted by atomic mass is 10.3. The van der Waals surface area contributed by atoms with Crippen LogP contribution in [0.5, 0.6) is 11.5 Å². The van der Waals surface area contributed by atoms with E-state index < -0.39 is 0 Å². The molecule has 0 aliphatic carbocycles. The molecule has 4 aromatic rings. The Balaban J connectivity index is 1.40. The second-order valence-electron chi connectivity index (χ2n) is 5.71. The van der Waals surface area contributed by atoms with Crippen molar-refractivity contribution in [1.29, 1.82) is 0 Å². The molecular weight excluding hydrogens is 380 g/mol. The van der Waals surface area contributed by atoms with Crippen molar-refractivity contribution < 1.29 is 9.47 Å². The quantitative estimate of drug-likeness (QED) is 0.317. The zero-order chi connectivity index (χ0) is 18.6. The molecule has 0 amide bonds. The molecule has 2 N–H and O–H groups in total. The molecule has 8 heteroatoms. The predicted octanol–water partition coefficient (Wildman–Crippen LogP) is 5.08. The zero-order valence-corrected chi connectivity index (χ0v) is 16.7. The molecule has 2 heterocycles. The molecule has 2 aromatic heterocycles. The number of aromatic amines is 2. The highest BCUT2D eigenvalue weighted by atomic mass is 32.2. The van der Waals surface area contributed by atoms with Crippen LogP contribution in [0.4, 0.5) is 0 Å². The number of nitrogens with zero attached hydrogens (tertiary/aromatic N) is 2. The molecule has 6 nitrogen and oxygen atoms in total. The minimum Gasteiger partial charge on any atom is -0.494 e. The fourth-order valence-electron chi connectivity index (χ4n) is 2.72. The van der Waals surface area contributed by atoms with Gasteiger partial charge in [0, 0.05) is 12.1 Å². The minimum atomic E-state index is 0.654. The van der Waals surface area contributed by atoms with E-state index in [1.54, 1.807) is 23.5 Å². The predicted molar refractivity (Wildman–Crippen MR) is 111 cm³/mol. The van der Waals surface area contributed by atoms with E-state index in [0.29, 0.717) is 13.2 Å². The summed E-state index contributed by atoms with van der Waals surface area (Å²) in [6.45, 7) is 5.26. The van der Waals surface area contributed by atoms with Gasteiger partial charge in [-0.3, -0.25) is 0 Å². The lowest BCUT2D eigenvalue weighted by Crippen LogP contribution is -1.90. The Morgan fingerprint density at radius 1 is 0.778 bits per heavy atom. The van der Waals surface area contributed by atoms with Gasteiger partial charge in [0.25, 0.3) is 0 Å². The fraction of sp³-hybridized carbons (Fsp3) is 0.263. The van der Waals surface area contributed by atoms with Crippen LogP contribution in [0.15, 0.2) is 46.7 Å². The highest BCUT2D eigenvalue weighted by molar-refractivity contribution is 8.15. The first-order valence-electron chi connectivity index (χ1n) is 8.76. The van der Waals surface area contributed by atoms with Crippen LogP contribution >= 0.6 is 23.5 Å². The van der Waals surface area contributed by atoms with Crippen molar-refractivity contribution in [2.45, 2.75) is 24.2 Å². The van der Waals surface area contributed by atoms with Crippen molar-refractivity contribution in [3.8, 4) is 11.5 Å². The summed E-state index contributed by atoms with van der Waals surface area (Å²) in [5.74, 6) is 1.71. The second kappa shape index (κ2) is 8.14. The number of thioether (sulfide) groups is 2. The average Bonchev–Trinajstić information content (AvgIpc) is 3.24. The number of rotatable bonds is 8. The third kappa shape index (κ3) is 4.17. The Kier molecular flexibility index (Phi) is 5.45. The lowest BCUT2D eigenvalue weighted by molar-refractivity contribution is 0.340. The SMILES string of the molecule is CCOc1ccc2nc(SCSc3nc4ccc(OCC)cc4[nH]3)[nH]c2c1. The Hall–Kier alpha value is -2.32. The molecule has 0 aliphatic rings. The molecule has 2 aromatic carbocycles. The third-order valence-corrected chi connectivity index (χ3v) is 5.75. The number of imidazole rings is 2. The summed E-state index contributed by atoms with van der Waals surface area (Å²) in [7, 11) is 0. The number of nitrogens with one attached hydrogen (secondary N) is 2. The summed E-state index contributed by atoms with van der Waals surface area (Å²) >= 11 is 3.30. The van der Waals surface area contributed by atoms with Gasteiger partial charge in [-0.1, -0.05) is 23.5 Å². The Bertz CT molecular complexity index is 976. The van der Waals surface area contributed by atoms with Crippen LogP contribution in [0, 0.1) is 0 Å². The standard InChI is InChI=1S/C19H20N4O2S2/c1-3-24-12-5-7-14-16(9-12)22-18(20-14)26-11-27-19-21-15-8-6-13(25-4-2)10-17(15)23-19/h5-10H,3-4,11H2,1-2H3,(H,20,22)(H,21,23). The summed E-state index contributed by atoms with van der Waals surface area (Å²) < 4.78 is 11.1. The molecule has 4 rings (SSSR count). The van der Waals surface area contributed by atoms with Gasteiger partial charge in [0.2, 0.25) is 0 Å². The number of aromatic nitrogens is 4. The normalized spacial score (nSPS) is 11.3. The molecule has 27 heavy (non-hydrogen) atoms. The van der Waals surface area contributed by atoms with Gasteiger partial charge in [0.05, 0.1) is 40.4 Å². The van der Waals surface area contributed by atoms with Gasteiger partial charge in [0.15, 0.2) is 10.3 Å². The first-order valence-corrected chi connectivity index (χ1v) is 10.7. The van der Waals surface area contributed by atoms with Crippen LogP contribution in [-0.4, -0.2) is 38.2 Å². The van der Waals surface area contributed by atoms with E-state index in [1.807, 2.05) is 50.2 Å². The maximum absolute atomic E-state index is 5.53. The van der Waals surface area contributed by atoms with E-state index >= 15 is 0 Å². The van der Waals surface area contributed by atoms with Crippen LogP contribution in [0.3, 0.4) is 0 Å². The number of fused-ring (bicyclic) bond motifs is 2. The first kappa shape index (κ1) is 18.1. The molecule has 0 unspecified atom stereocenters. The van der Waals surface area contributed by atoms with Gasteiger partial charge in [-0.2, -0.15) is 0 Å². The maximum Gasteiger partial charge on any atom is 0.167 e. The van der Waals surface area contributed by atoms with Crippen molar-refractivity contribution in [1.82, 2.24) is 19.9 Å². The summed E-state index contributed by atoms with van der Waals surface area (Å²) in [6, 6.07) is 11.8. The number of hydrogen-bond donors (Lipinski definition) is 2. The van der Waals surface area contributed by atoms with Crippen molar-refractivity contribution >= 4 is 45.6 Å². The topological polar surface area (TPSA) is 75.8 Å². The number of ether oxygens (including phenoxy) is 2. The van der Waals surface area contributed by atoms with Crippen molar-refractivity contribution in [3.05, 3.63) is 36.4 Å². The highest BCUT2D eigenvalue weighted by Crippen LogP contribution is 2.29. The molecule has 0 aliphatic heterocycles. The second-order valence-corrected chi connectivity index (χ2v) is 8.01. The van der Waals surface area contributed by atoms with Gasteiger partial charge in [-0.15, -0.1) is 0 Å². The van der Waals surface area contributed by atoms with Gasteiger partial charge in [-0.25, -0.2) is 9.97 Å². The molecule has 0 spiro atoms. The smallest absolute Gasteiger partial charge is 0.167 e. The summed E-state index contributed by atoms with van der Waals surface area (Å²) in [5, 5.41) is 2.58. The van der Waals surface area contributed by atoms with E-state index in [1.165, 1.54) is 0 Å². The van der Waals surface area contributed by atoms with E-state index in [0.717, 1.165) is 49.0 Å². The molecule has 0 bridgehead atoms. The number of H-pyrrole nitrogens is 2. The maximum atomic E-state index is 5.53. The minimum absolute atomic E-state index is 0.654. The summed E-state index contributed by atoms with van der Waals surface area (Å²) in [4.78, 5) is 15.9. The van der Waals surface area contributed by atoms with Crippen LogP contribution in [0.2, 0.25) is 0 Å². The summed E-state index contributed by atoms with van der Waals surface area (Å²) in [6.07, 6.45) is 0. The number of hydrogen-bond acceptors (Lipinski definition) is 6. The molecule has 0 radical (unpaired) electrons. The average molecular weight is 401 g/mol. The van der Waals surface area contributed by atoms with Gasteiger partial charge >= 0.3 is 0 Å². The molecular formula is C19H20N4O2S2. The van der Waals surface area contributed by atoms with Crippen molar-refractivity contribution in [2.24, 2.45) is 0 Å². The molecule has 0 saturated carbocycles. The van der Waals surface area contributed by atoms with Crippen LogP contribution in [-0.2, 0) is 0 Å². The van der Waals surface area contributed by atoms with Gasteiger partial charge in [-0.05, 0) is 38.1 Å². The van der Waals surface area contributed by atoms with E-state index in [-0.39, 0.29) is 0 Å². The molecule has 0 atom stereocenters. The fourth-order valence-corrected chi connectivity index (χ4v) is 4.54. The molecule has 0 fully saturated rings. The zero-order valence-electron chi connectivity index (χ0n) is 15.1. The lowest BCUT2D eigenvalue weighted by Gasteiger charge is -2.00. The Morgan fingerprint density at radius 3 is 1.70 bits per heavy atom. The largest absolute Gasteiger partial charge is 0.494 e. The van der Waals surface area contributed by atoms with Gasteiger partial charge in [0.1, 0.15) is 11.5 Å². The first-order chi connectivity index (χ1) is 13.2. The Morgan fingerprint density at radius 2 is 1.26 bits per heavy atom. The molecule has 0 saturated heterocycles.